The number of anilines is 1. The number of thioether (sulfide) groups is 1. The lowest BCUT2D eigenvalue weighted by molar-refractivity contribution is -0.113. The normalized spacial score (nSPS) is 14.9. The zero-order chi connectivity index (χ0) is 22.8. The topological polar surface area (TPSA) is 46.6 Å². The van der Waals surface area contributed by atoms with E-state index in [4.69, 9.17) is 16.3 Å². The maximum absolute atomic E-state index is 13.2. The first-order valence-corrected chi connectivity index (χ1v) is 11.5. The van der Waals surface area contributed by atoms with Crippen LogP contribution >= 0.6 is 23.4 Å². The fourth-order valence-electron chi connectivity index (χ4n) is 3.72. The first-order chi connectivity index (χ1) is 16.1. The number of hydrogen-bond donors (Lipinski definition) is 0. The highest BCUT2D eigenvalue weighted by Gasteiger charge is 2.36. The van der Waals surface area contributed by atoms with Crippen LogP contribution in [0, 0.1) is 0 Å². The molecule has 0 bridgehead atoms. The number of nitrogens with zero attached hydrogens (tertiary/aromatic N) is 1. The van der Waals surface area contributed by atoms with Crippen LogP contribution < -0.4 is 9.64 Å². The second kappa shape index (κ2) is 9.14. The van der Waals surface area contributed by atoms with Gasteiger partial charge in [-0.1, -0.05) is 78.3 Å². The third-order valence-electron chi connectivity index (χ3n) is 5.30. The van der Waals surface area contributed by atoms with Gasteiger partial charge in [0.1, 0.15) is 12.4 Å². The van der Waals surface area contributed by atoms with Gasteiger partial charge in [-0.05, 0) is 58.4 Å². The number of halogens is 1. The van der Waals surface area contributed by atoms with Crippen molar-refractivity contribution in [2.24, 2.45) is 0 Å². The number of carbonyl (C=O) groups is 2. The Kier molecular flexibility index (Phi) is 5.90. The van der Waals surface area contributed by atoms with Crippen LogP contribution in [0.4, 0.5) is 10.5 Å². The van der Waals surface area contributed by atoms with Crippen LogP contribution in [0.5, 0.6) is 5.75 Å². The van der Waals surface area contributed by atoms with E-state index < -0.39 is 0 Å². The third-order valence-corrected chi connectivity index (χ3v) is 6.41. The van der Waals surface area contributed by atoms with Crippen molar-refractivity contribution in [1.29, 1.82) is 0 Å². The summed E-state index contributed by atoms with van der Waals surface area (Å²) in [6.07, 6.45) is 1.75. The standard InChI is InChI=1S/C27H18ClNO3S/c28-20-10-6-11-21(15-20)29-26(30)25(33-27(29)31)16-23-22-12-5-4-9-19(22)13-14-24(23)32-17-18-7-2-1-3-8-18/h1-16H,17H2/b25-16-. The summed E-state index contributed by atoms with van der Waals surface area (Å²) in [7, 11) is 0. The summed E-state index contributed by atoms with van der Waals surface area (Å²) in [5.41, 5.74) is 2.25. The molecule has 1 aliphatic heterocycles. The van der Waals surface area contributed by atoms with Crippen LogP contribution in [-0.2, 0) is 11.4 Å². The van der Waals surface area contributed by atoms with E-state index in [2.05, 4.69) is 0 Å². The van der Waals surface area contributed by atoms with Crippen LogP contribution in [0.3, 0.4) is 0 Å². The van der Waals surface area contributed by atoms with E-state index in [0.717, 1.165) is 38.6 Å². The molecule has 4 aromatic rings. The van der Waals surface area contributed by atoms with E-state index in [1.54, 1.807) is 30.3 Å². The molecular weight excluding hydrogens is 454 g/mol. The summed E-state index contributed by atoms with van der Waals surface area (Å²) in [5.74, 6) is 0.265. The van der Waals surface area contributed by atoms with Crippen molar-refractivity contribution in [2.75, 3.05) is 4.90 Å². The average Bonchev–Trinajstić information content (AvgIpc) is 3.11. The molecule has 162 valence electrons. The number of imide groups is 1. The van der Waals surface area contributed by atoms with Crippen molar-refractivity contribution in [2.45, 2.75) is 6.61 Å². The molecule has 4 nitrogen and oxygen atoms in total. The second-order valence-electron chi connectivity index (χ2n) is 7.47. The minimum atomic E-state index is -0.380. The number of carbonyl (C=O) groups excluding carboxylic acids is 2. The molecule has 2 amide bonds. The molecular formula is C27H18ClNO3S. The molecule has 0 unspecified atom stereocenters. The zero-order valence-electron chi connectivity index (χ0n) is 17.4. The Hall–Kier alpha value is -3.54. The second-order valence-corrected chi connectivity index (χ2v) is 8.90. The molecule has 5 rings (SSSR count). The van der Waals surface area contributed by atoms with Crippen molar-refractivity contribution in [3.63, 3.8) is 0 Å². The van der Waals surface area contributed by atoms with Crippen LogP contribution in [0.1, 0.15) is 11.1 Å². The van der Waals surface area contributed by atoms with Gasteiger partial charge in [0, 0.05) is 10.6 Å². The van der Waals surface area contributed by atoms with Crippen molar-refractivity contribution in [1.82, 2.24) is 0 Å². The summed E-state index contributed by atoms with van der Waals surface area (Å²) < 4.78 is 6.15. The number of benzene rings is 4. The lowest BCUT2D eigenvalue weighted by atomic mass is 10.0. The van der Waals surface area contributed by atoms with Crippen molar-refractivity contribution in [3.05, 3.63) is 112 Å². The van der Waals surface area contributed by atoms with Crippen LogP contribution in [0.25, 0.3) is 16.8 Å². The predicted octanol–water partition coefficient (Wildman–Crippen LogP) is 7.31. The number of fused-ring (bicyclic) bond motifs is 1. The number of amides is 2. The Labute approximate surface area is 200 Å². The molecule has 0 radical (unpaired) electrons. The van der Waals surface area contributed by atoms with E-state index in [9.17, 15) is 9.59 Å². The van der Waals surface area contributed by atoms with Gasteiger partial charge in [0.2, 0.25) is 0 Å². The van der Waals surface area contributed by atoms with Crippen LogP contribution in [0.15, 0.2) is 95.9 Å². The van der Waals surface area contributed by atoms with Gasteiger partial charge in [-0.15, -0.1) is 0 Å². The van der Waals surface area contributed by atoms with E-state index in [0.29, 0.717) is 28.0 Å². The third kappa shape index (κ3) is 4.38. The Bertz CT molecular complexity index is 1400. The molecule has 0 aromatic heterocycles. The van der Waals surface area contributed by atoms with Gasteiger partial charge in [0.25, 0.3) is 11.1 Å². The van der Waals surface area contributed by atoms with Gasteiger partial charge in [-0.3, -0.25) is 9.59 Å². The minimum Gasteiger partial charge on any atom is -0.488 e. The Morgan fingerprint density at radius 1 is 0.879 bits per heavy atom. The molecule has 33 heavy (non-hydrogen) atoms. The Balaban J connectivity index is 1.54. The van der Waals surface area contributed by atoms with Gasteiger partial charge in [0.15, 0.2) is 0 Å². The number of ether oxygens (including phenoxy) is 1. The number of hydrogen-bond acceptors (Lipinski definition) is 4. The quantitative estimate of drug-likeness (QED) is 0.286. The van der Waals surface area contributed by atoms with E-state index >= 15 is 0 Å². The summed E-state index contributed by atoms with van der Waals surface area (Å²) in [6, 6.07) is 28.4. The maximum Gasteiger partial charge on any atom is 0.298 e. The molecule has 1 fully saturated rings. The van der Waals surface area contributed by atoms with E-state index in [1.807, 2.05) is 66.7 Å². The average molecular weight is 472 g/mol. The highest BCUT2D eigenvalue weighted by molar-refractivity contribution is 8.19. The molecule has 0 atom stereocenters. The predicted molar refractivity (Wildman–Crippen MR) is 135 cm³/mol. The lowest BCUT2D eigenvalue weighted by Gasteiger charge is -2.13. The SMILES string of the molecule is O=C1S/C(=C\c2c(OCc3ccccc3)ccc3ccccc23)C(=O)N1c1cccc(Cl)c1. The van der Waals surface area contributed by atoms with Crippen molar-refractivity contribution >= 4 is 57.0 Å². The smallest absolute Gasteiger partial charge is 0.298 e. The maximum atomic E-state index is 13.2. The van der Waals surface area contributed by atoms with Gasteiger partial charge < -0.3 is 4.74 Å². The van der Waals surface area contributed by atoms with Gasteiger partial charge in [-0.25, -0.2) is 4.90 Å². The first kappa shape index (κ1) is 21.3. The monoisotopic (exact) mass is 471 g/mol. The molecule has 6 heteroatoms. The minimum absolute atomic E-state index is 0.334. The van der Waals surface area contributed by atoms with E-state index in [-0.39, 0.29) is 11.1 Å². The van der Waals surface area contributed by atoms with Gasteiger partial charge >= 0.3 is 0 Å². The summed E-state index contributed by atoms with van der Waals surface area (Å²) in [6.45, 7) is 0.393. The highest BCUT2D eigenvalue weighted by Crippen LogP contribution is 2.39. The fourth-order valence-corrected chi connectivity index (χ4v) is 4.73. The summed E-state index contributed by atoms with van der Waals surface area (Å²) in [5, 5.41) is 2.06. The molecule has 0 N–H and O–H groups in total. The summed E-state index contributed by atoms with van der Waals surface area (Å²) in [4.78, 5) is 27.4. The molecule has 0 saturated carbocycles. The highest BCUT2D eigenvalue weighted by atomic mass is 35.5. The van der Waals surface area contributed by atoms with Gasteiger partial charge in [-0.2, -0.15) is 0 Å². The molecule has 4 aromatic carbocycles. The zero-order valence-corrected chi connectivity index (χ0v) is 19.0. The van der Waals surface area contributed by atoms with Crippen LogP contribution in [0.2, 0.25) is 5.02 Å². The van der Waals surface area contributed by atoms with Crippen molar-refractivity contribution < 1.29 is 14.3 Å². The Morgan fingerprint density at radius 3 is 2.48 bits per heavy atom. The molecule has 0 spiro atoms. The molecule has 0 aliphatic carbocycles. The molecule has 1 saturated heterocycles. The summed E-state index contributed by atoms with van der Waals surface area (Å²) >= 11 is 6.98. The fraction of sp³-hybridized carbons (Fsp3) is 0.0370. The lowest BCUT2D eigenvalue weighted by Crippen LogP contribution is -2.27. The molecule has 1 aliphatic rings. The largest absolute Gasteiger partial charge is 0.488 e. The number of rotatable bonds is 5. The van der Waals surface area contributed by atoms with Gasteiger partial charge in [0.05, 0.1) is 10.6 Å². The first-order valence-electron chi connectivity index (χ1n) is 10.3. The van der Waals surface area contributed by atoms with Crippen molar-refractivity contribution in [3.8, 4) is 5.75 Å². The van der Waals surface area contributed by atoms with E-state index in [1.165, 1.54) is 0 Å². The molecule has 1 heterocycles. The van der Waals surface area contributed by atoms with Crippen LogP contribution in [-0.4, -0.2) is 11.1 Å². The Morgan fingerprint density at radius 2 is 1.67 bits per heavy atom.